The molecule has 8 heteroatoms. The minimum Gasteiger partial charge on any atom is -0.480 e. The molecule has 2 rings (SSSR count). The Balaban J connectivity index is 2.11. The molecule has 1 saturated carbocycles. The first-order valence-electron chi connectivity index (χ1n) is 6.52. The van der Waals surface area contributed by atoms with Crippen molar-refractivity contribution in [2.45, 2.75) is 31.1 Å². The maximum absolute atomic E-state index is 11.7. The summed E-state index contributed by atoms with van der Waals surface area (Å²) in [5, 5.41) is 29.8. The van der Waals surface area contributed by atoms with Crippen molar-refractivity contribution in [3.63, 3.8) is 0 Å². The van der Waals surface area contributed by atoms with Crippen molar-refractivity contribution in [3.05, 3.63) is 0 Å². The Labute approximate surface area is 111 Å². The smallest absolute Gasteiger partial charge is 0.451 e. The monoisotopic (exact) mass is 270 g/mol. The average Bonchev–Trinajstić information content (AvgIpc) is 2.79. The number of carbonyl (C=O) groups excluding carboxylic acids is 1. The molecule has 1 aliphatic heterocycles. The van der Waals surface area contributed by atoms with E-state index < -0.39 is 18.6 Å². The maximum atomic E-state index is 11.7. The van der Waals surface area contributed by atoms with E-state index in [1.165, 1.54) is 0 Å². The van der Waals surface area contributed by atoms with Gasteiger partial charge in [0.1, 0.15) is 5.54 Å². The minimum atomic E-state index is -1.39. The highest BCUT2D eigenvalue weighted by Crippen LogP contribution is 2.47. The third-order valence-corrected chi connectivity index (χ3v) is 4.48. The predicted octanol–water partition coefficient (Wildman–Crippen LogP) is -1.60. The third kappa shape index (κ3) is 2.47. The van der Waals surface area contributed by atoms with Gasteiger partial charge in [-0.15, -0.1) is 0 Å². The number of nitrogens with one attached hydrogen (secondary N) is 1. The summed E-state index contributed by atoms with van der Waals surface area (Å²) in [7, 11) is -1.39. The summed E-state index contributed by atoms with van der Waals surface area (Å²) in [5.74, 6) is -1.91. The van der Waals surface area contributed by atoms with Gasteiger partial charge in [-0.05, 0) is 31.0 Å². The quantitative estimate of drug-likeness (QED) is 0.382. The van der Waals surface area contributed by atoms with Crippen LogP contribution < -0.4 is 11.1 Å². The van der Waals surface area contributed by atoms with Crippen LogP contribution in [0.5, 0.6) is 0 Å². The van der Waals surface area contributed by atoms with E-state index in [0.717, 1.165) is 0 Å². The number of carbonyl (C=O) groups is 2. The van der Waals surface area contributed by atoms with Gasteiger partial charge in [-0.25, -0.2) is 0 Å². The van der Waals surface area contributed by atoms with Gasteiger partial charge >= 0.3 is 13.1 Å². The number of aliphatic carboxylic acids is 1. The lowest BCUT2D eigenvalue weighted by molar-refractivity contribution is -0.145. The molecule has 0 bridgehead atoms. The van der Waals surface area contributed by atoms with E-state index in [2.05, 4.69) is 5.32 Å². The first-order valence-corrected chi connectivity index (χ1v) is 6.52. The highest BCUT2D eigenvalue weighted by molar-refractivity contribution is 6.40. The standard InChI is InChI=1S/C11H19BN2O5/c13-11(10(16)17)4-6-7(5-14-9(6)15)8(11)2-1-3-12(18)19/h6-8,18-19H,1-5,13H2,(H,14,15)(H,16,17)/t6-,7-,8+,11+/m1/s1. The van der Waals surface area contributed by atoms with Crippen LogP contribution in [0.15, 0.2) is 0 Å². The van der Waals surface area contributed by atoms with Crippen LogP contribution in [0.2, 0.25) is 6.32 Å². The van der Waals surface area contributed by atoms with Crippen LogP contribution in [0.25, 0.3) is 0 Å². The highest BCUT2D eigenvalue weighted by atomic mass is 16.4. The zero-order chi connectivity index (χ0) is 14.2. The highest BCUT2D eigenvalue weighted by Gasteiger charge is 2.59. The fourth-order valence-electron chi connectivity index (χ4n) is 3.49. The number of hydrogen-bond acceptors (Lipinski definition) is 5. The topological polar surface area (TPSA) is 133 Å². The summed E-state index contributed by atoms with van der Waals surface area (Å²) in [4.78, 5) is 23.1. The first kappa shape index (κ1) is 14.3. The van der Waals surface area contributed by atoms with Gasteiger partial charge < -0.3 is 26.2 Å². The van der Waals surface area contributed by atoms with E-state index in [1.54, 1.807) is 0 Å². The number of nitrogens with two attached hydrogens (primary N) is 1. The summed E-state index contributed by atoms with van der Waals surface area (Å²) in [6, 6.07) is 0. The Kier molecular flexibility index (Phi) is 3.84. The average molecular weight is 270 g/mol. The molecule has 1 heterocycles. The molecular weight excluding hydrogens is 251 g/mol. The molecule has 6 N–H and O–H groups in total. The number of amides is 1. The second-order valence-corrected chi connectivity index (χ2v) is 5.58. The van der Waals surface area contributed by atoms with E-state index in [9.17, 15) is 14.7 Å². The predicted molar refractivity (Wildman–Crippen MR) is 66.9 cm³/mol. The molecule has 2 fully saturated rings. The first-order chi connectivity index (χ1) is 8.86. The second-order valence-electron chi connectivity index (χ2n) is 5.58. The SMILES string of the molecule is N[C@@]1(C(=O)O)C[C@H]2C(=O)NC[C@H]2[C@@H]1CCCB(O)O. The molecule has 4 atom stereocenters. The van der Waals surface area contributed by atoms with Gasteiger partial charge in [0, 0.05) is 12.5 Å². The summed E-state index contributed by atoms with van der Waals surface area (Å²) < 4.78 is 0. The van der Waals surface area contributed by atoms with Gasteiger partial charge in [0.05, 0.1) is 0 Å². The number of rotatable bonds is 5. The number of fused-ring (bicyclic) bond motifs is 1. The van der Waals surface area contributed by atoms with E-state index in [-0.39, 0.29) is 36.4 Å². The molecule has 0 aromatic heterocycles. The van der Waals surface area contributed by atoms with Crippen LogP contribution in [0, 0.1) is 17.8 Å². The van der Waals surface area contributed by atoms with E-state index in [4.69, 9.17) is 15.8 Å². The van der Waals surface area contributed by atoms with Crippen molar-refractivity contribution in [1.29, 1.82) is 0 Å². The number of hydrogen-bond donors (Lipinski definition) is 5. The summed E-state index contributed by atoms with van der Waals surface area (Å²) in [5.41, 5.74) is 4.63. The van der Waals surface area contributed by atoms with E-state index >= 15 is 0 Å². The molecule has 1 amide bonds. The largest absolute Gasteiger partial charge is 0.480 e. The molecule has 0 radical (unpaired) electrons. The van der Waals surface area contributed by atoms with Crippen LogP contribution >= 0.6 is 0 Å². The molecule has 0 aromatic rings. The van der Waals surface area contributed by atoms with Crippen molar-refractivity contribution < 1.29 is 24.7 Å². The normalized spacial score (nSPS) is 37.0. The van der Waals surface area contributed by atoms with Crippen molar-refractivity contribution in [2.24, 2.45) is 23.5 Å². The fraction of sp³-hybridized carbons (Fsp3) is 0.818. The van der Waals surface area contributed by atoms with Crippen LogP contribution in [0.4, 0.5) is 0 Å². The van der Waals surface area contributed by atoms with Crippen molar-refractivity contribution in [1.82, 2.24) is 5.32 Å². The van der Waals surface area contributed by atoms with E-state index in [1.807, 2.05) is 0 Å². The van der Waals surface area contributed by atoms with E-state index in [0.29, 0.717) is 19.4 Å². The molecule has 106 valence electrons. The fourth-order valence-corrected chi connectivity index (χ4v) is 3.49. The summed E-state index contributed by atoms with van der Waals surface area (Å²) in [6.45, 7) is 0.460. The van der Waals surface area contributed by atoms with Gasteiger partial charge in [0.15, 0.2) is 0 Å². The Morgan fingerprint density at radius 1 is 1.53 bits per heavy atom. The lowest BCUT2D eigenvalue weighted by atomic mass is 9.76. The lowest BCUT2D eigenvalue weighted by Crippen LogP contribution is -2.53. The van der Waals surface area contributed by atoms with Gasteiger partial charge in [-0.2, -0.15) is 0 Å². The lowest BCUT2D eigenvalue weighted by Gasteiger charge is -2.29. The Hall–Kier alpha value is -1.12. The number of carboxylic acid groups (broad SMARTS) is 1. The summed E-state index contributed by atoms with van der Waals surface area (Å²) >= 11 is 0. The van der Waals surface area contributed by atoms with Gasteiger partial charge in [-0.3, -0.25) is 9.59 Å². The van der Waals surface area contributed by atoms with Crippen molar-refractivity contribution >= 4 is 19.0 Å². The molecular formula is C11H19BN2O5. The van der Waals surface area contributed by atoms with Crippen LogP contribution in [0.1, 0.15) is 19.3 Å². The van der Waals surface area contributed by atoms with Crippen LogP contribution in [-0.4, -0.2) is 46.2 Å². The Bertz CT molecular complexity index is 391. The van der Waals surface area contributed by atoms with Crippen molar-refractivity contribution in [3.8, 4) is 0 Å². The molecule has 0 unspecified atom stereocenters. The zero-order valence-electron chi connectivity index (χ0n) is 10.6. The van der Waals surface area contributed by atoms with Gasteiger partial charge in [0.25, 0.3) is 0 Å². The molecule has 0 spiro atoms. The Morgan fingerprint density at radius 3 is 2.79 bits per heavy atom. The van der Waals surface area contributed by atoms with Crippen LogP contribution in [-0.2, 0) is 9.59 Å². The van der Waals surface area contributed by atoms with Crippen LogP contribution in [0.3, 0.4) is 0 Å². The maximum Gasteiger partial charge on any atom is 0.451 e. The zero-order valence-corrected chi connectivity index (χ0v) is 10.6. The molecule has 1 aliphatic carbocycles. The summed E-state index contributed by atoms with van der Waals surface area (Å²) in [6.07, 6.45) is 1.30. The second kappa shape index (κ2) is 5.11. The molecule has 1 saturated heterocycles. The third-order valence-electron chi connectivity index (χ3n) is 4.48. The van der Waals surface area contributed by atoms with Gasteiger partial charge in [0.2, 0.25) is 5.91 Å². The molecule has 7 nitrogen and oxygen atoms in total. The molecule has 0 aromatic carbocycles. The number of carboxylic acids is 1. The van der Waals surface area contributed by atoms with Crippen molar-refractivity contribution in [2.75, 3.05) is 6.54 Å². The van der Waals surface area contributed by atoms with Gasteiger partial charge in [-0.1, -0.05) is 6.42 Å². The minimum absolute atomic E-state index is 0.0653. The molecule has 2 aliphatic rings. The molecule has 19 heavy (non-hydrogen) atoms. The Morgan fingerprint density at radius 2 is 2.21 bits per heavy atom.